The van der Waals surface area contributed by atoms with Crippen molar-refractivity contribution in [3.63, 3.8) is 0 Å². The molecule has 140 valence electrons. The van der Waals surface area contributed by atoms with E-state index in [-0.39, 0.29) is 6.03 Å². The molecule has 0 saturated carbocycles. The summed E-state index contributed by atoms with van der Waals surface area (Å²) in [5.74, 6) is 1.50. The molecule has 2 rings (SSSR count). The van der Waals surface area contributed by atoms with E-state index in [1.165, 1.54) is 5.56 Å². The number of hydrogen-bond acceptors (Lipinski definition) is 3. The van der Waals surface area contributed by atoms with Gasteiger partial charge in [0.1, 0.15) is 0 Å². The fraction of sp³-hybridized carbons (Fsp3) is 0.381. The van der Waals surface area contributed by atoms with Gasteiger partial charge in [0, 0.05) is 13.1 Å². The molecule has 0 saturated heterocycles. The molecule has 0 bridgehead atoms. The van der Waals surface area contributed by atoms with E-state index >= 15 is 0 Å². The predicted octanol–water partition coefficient (Wildman–Crippen LogP) is 3.83. The molecule has 2 aromatic carbocycles. The average Bonchev–Trinajstić information content (AvgIpc) is 2.62. The Morgan fingerprint density at radius 1 is 0.923 bits per heavy atom. The monoisotopic (exact) mass is 356 g/mol. The summed E-state index contributed by atoms with van der Waals surface area (Å²) < 4.78 is 11.2. The second-order valence-corrected chi connectivity index (χ2v) is 6.00. The van der Waals surface area contributed by atoms with Crippen molar-refractivity contribution in [3.8, 4) is 11.5 Å². The minimum Gasteiger partial charge on any atom is -0.490 e. The highest BCUT2D eigenvalue weighted by atomic mass is 16.5. The summed E-state index contributed by atoms with van der Waals surface area (Å²) in [7, 11) is 0. The number of benzene rings is 2. The largest absolute Gasteiger partial charge is 0.490 e. The molecule has 0 unspecified atom stereocenters. The van der Waals surface area contributed by atoms with Crippen molar-refractivity contribution < 1.29 is 14.3 Å². The van der Waals surface area contributed by atoms with Gasteiger partial charge < -0.3 is 20.1 Å². The molecule has 2 N–H and O–H groups in total. The molecule has 0 spiro atoms. The number of aryl methyl sites for hydroxylation is 1. The van der Waals surface area contributed by atoms with E-state index in [0.717, 1.165) is 29.0 Å². The lowest BCUT2D eigenvalue weighted by atomic mass is 10.1. The first-order valence-electron chi connectivity index (χ1n) is 9.08. The molecule has 0 aliphatic heterocycles. The fourth-order valence-corrected chi connectivity index (χ4v) is 2.64. The highest BCUT2D eigenvalue weighted by molar-refractivity contribution is 5.73. The number of urea groups is 1. The van der Waals surface area contributed by atoms with Gasteiger partial charge >= 0.3 is 6.03 Å². The first-order chi connectivity index (χ1) is 12.6. The third-order valence-corrected chi connectivity index (χ3v) is 3.84. The summed E-state index contributed by atoms with van der Waals surface area (Å²) in [6.07, 6.45) is 0.727. The molecule has 5 nitrogen and oxygen atoms in total. The van der Waals surface area contributed by atoms with Gasteiger partial charge in [0.05, 0.1) is 13.2 Å². The number of carbonyl (C=O) groups is 1. The van der Waals surface area contributed by atoms with Gasteiger partial charge in [-0.05, 0) is 50.5 Å². The molecular weight excluding hydrogens is 328 g/mol. The molecule has 0 heterocycles. The summed E-state index contributed by atoms with van der Waals surface area (Å²) in [5, 5.41) is 5.76. The van der Waals surface area contributed by atoms with E-state index < -0.39 is 0 Å². The Labute approximate surface area is 155 Å². The van der Waals surface area contributed by atoms with Crippen molar-refractivity contribution in [3.05, 3.63) is 59.2 Å². The lowest BCUT2D eigenvalue weighted by Gasteiger charge is -2.13. The van der Waals surface area contributed by atoms with Crippen molar-refractivity contribution in [2.45, 2.75) is 33.7 Å². The molecule has 0 aliphatic carbocycles. The quantitative estimate of drug-likeness (QED) is 0.718. The first-order valence-corrected chi connectivity index (χ1v) is 9.08. The van der Waals surface area contributed by atoms with Crippen molar-refractivity contribution in [2.24, 2.45) is 0 Å². The second kappa shape index (κ2) is 10.3. The lowest BCUT2D eigenvalue weighted by Crippen LogP contribution is -2.36. The smallest absolute Gasteiger partial charge is 0.315 e. The molecular formula is C21H28N2O3. The van der Waals surface area contributed by atoms with Gasteiger partial charge in [0.15, 0.2) is 11.5 Å². The second-order valence-electron chi connectivity index (χ2n) is 6.00. The number of nitrogens with one attached hydrogen (secondary N) is 2. The summed E-state index contributed by atoms with van der Waals surface area (Å²) >= 11 is 0. The molecule has 2 aromatic rings. The van der Waals surface area contributed by atoms with Crippen molar-refractivity contribution in [2.75, 3.05) is 19.8 Å². The molecule has 0 aromatic heterocycles. The normalized spacial score (nSPS) is 10.3. The molecule has 2 amide bonds. The van der Waals surface area contributed by atoms with E-state index in [0.29, 0.717) is 26.3 Å². The maximum absolute atomic E-state index is 11.9. The third kappa shape index (κ3) is 6.31. The average molecular weight is 356 g/mol. The zero-order valence-electron chi connectivity index (χ0n) is 15.8. The number of rotatable bonds is 9. The van der Waals surface area contributed by atoms with Crippen LogP contribution in [0.25, 0.3) is 0 Å². The van der Waals surface area contributed by atoms with Gasteiger partial charge in [-0.3, -0.25) is 0 Å². The Kier molecular flexibility index (Phi) is 7.80. The van der Waals surface area contributed by atoms with Gasteiger partial charge in [-0.15, -0.1) is 0 Å². The van der Waals surface area contributed by atoms with E-state index in [1.807, 2.05) is 57.2 Å². The standard InChI is InChI=1S/C21H28N2O3/c1-4-25-19-10-9-17(14-20(19)26-5-2)11-12-22-21(24)23-15-18-8-6-7-16(3)13-18/h6-10,13-14H,4-5,11-12,15H2,1-3H3,(H2,22,23,24). The van der Waals surface area contributed by atoms with E-state index in [2.05, 4.69) is 16.7 Å². The van der Waals surface area contributed by atoms with Crippen LogP contribution in [0, 0.1) is 6.92 Å². The van der Waals surface area contributed by atoms with Crippen LogP contribution in [0.3, 0.4) is 0 Å². The topological polar surface area (TPSA) is 59.6 Å². The third-order valence-electron chi connectivity index (χ3n) is 3.84. The van der Waals surface area contributed by atoms with Crippen molar-refractivity contribution in [1.82, 2.24) is 10.6 Å². The number of hydrogen-bond donors (Lipinski definition) is 2. The van der Waals surface area contributed by atoms with E-state index in [9.17, 15) is 4.79 Å². The highest BCUT2D eigenvalue weighted by Gasteiger charge is 2.07. The Balaban J connectivity index is 1.79. The van der Waals surface area contributed by atoms with Crippen LogP contribution in [-0.2, 0) is 13.0 Å². The highest BCUT2D eigenvalue weighted by Crippen LogP contribution is 2.28. The van der Waals surface area contributed by atoms with Crippen LogP contribution in [0.2, 0.25) is 0 Å². The maximum Gasteiger partial charge on any atom is 0.315 e. The van der Waals surface area contributed by atoms with Crippen LogP contribution in [0.5, 0.6) is 11.5 Å². The van der Waals surface area contributed by atoms with Crippen molar-refractivity contribution in [1.29, 1.82) is 0 Å². The van der Waals surface area contributed by atoms with Gasteiger partial charge in [-0.25, -0.2) is 4.79 Å². The number of carbonyl (C=O) groups excluding carboxylic acids is 1. The zero-order chi connectivity index (χ0) is 18.8. The maximum atomic E-state index is 11.9. The Hall–Kier alpha value is -2.69. The van der Waals surface area contributed by atoms with Crippen LogP contribution in [0.4, 0.5) is 4.79 Å². The fourth-order valence-electron chi connectivity index (χ4n) is 2.64. The van der Waals surface area contributed by atoms with Crippen LogP contribution >= 0.6 is 0 Å². The summed E-state index contributed by atoms with van der Waals surface area (Å²) in [5.41, 5.74) is 3.37. The number of amides is 2. The van der Waals surface area contributed by atoms with Gasteiger partial charge in [-0.1, -0.05) is 35.9 Å². The minimum atomic E-state index is -0.164. The summed E-state index contributed by atoms with van der Waals surface area (Å²) in [4.78, 5) is 11.9. The molecule has 0 fully saturated rings. The summed E-state index contributed by atoms with van der Waals surface area (Å²) in [6, 6.07) is 13.8. The first kappa shape index (κ1) is 19.6. The predicted molar refractivity (Wildman–Crippen MR) is 104 cm³/mol. The van der Waals surface area contributed by atoms with Gasteiger partial charge in [0.25, 0.3) is 0 Å². The Morgan fingerprint density at radius 3 is 2.42 bits per heavy atom. The zero-order valence-corrected chi connectivity index (χ0v) is 15.8. The SMILES string of the molecule is CCOc1ccc(CCNC(=O)NCc2cccc(C)c2)cc1OCC. The summed E-state index contributed by atoms with van der Waals surface area (Å²) in [6.45, 7) is 8.19. The van der Waals surface area contributed by atoms with Crippen LogP contribution < -0.4 is 20.1 Å². The van der Waals surface area contributed by atoms with Crippen LogP contribution in [-0.4, -0.2) is 25.8 Å². The molecule has 26 heavy (non-hydrogen) atoms. The Bertz CT molecular complexity index is 716. The molecule has 5 heteroatoms. The number of ether oxygens (including phenoxy) is 2. The Morgan fingerprint density at radius 2 is 1.69 bits per heavy atom. The molecule has 0 atom stereocenters. The van der Waals surface area contributed by atoms with Gasteiger partial charge in [-0.2, -0.15) is 0 Å². The lowest BCUT2D eigenvalue weighted by molar-refractivity contribution is 0.240. The van der Waals surface area contributed by atoms with Gasteiger partial charge in [0.2, 0.25) is 0 Å². The van der Waals surface area contributed by atoms with Crippen LogP contribution in [0.1, 0.15) is 30.5 Å². The molecule has 0 radical (unpaired) electrons. The minimum absolute atomic E-state index is 0.164. The van der Waals surface area contributed by atoms with Crippen molar-refractivity contribution >= 4 is 6.03 Å². The molecule has 0 aliphatic rings. The van der Waals surface area contributed by atoms with Crippen LogP contribution in [0.15, 0.2) is 42.5 Å². The van der Waals surface area contributed by atoms with E-state index in [1.54, 1.807) is 0 Å². The van der Waals surface area contributed by atoms with E-state index in [4.69, 9.17) is 9.47 Å².